The highest BCUT2D eigenvalue weighted by molar-refractivity contribution is 7.17. The summed E-state index contributed by atoms with van der Waals surface area (Å²) in [5.41, 5.74) is 4.56. The number of aromatic nitrogens is 2. The van der Waals surface area contributed by atoms with Gasteiger partial charge in [0.2, 0.25) is 5.28 Å². The molecule has 0 aliphatic rings. The van der Waals surface area contributed by atoms with Crippen molar-refractivity contribution >= 4 is 44.7 Å². The number of para-hydroxylation sites is 1. The lowest BCUT2D eigenvalue weighted by atomic mass is 10.0. The Labute approximate surface area is 159 Å². The average molecular weight is 377 g/mol. The van der Waals surface area contributed by atoms with Crippen molar-refractivity contribution < 1.29 is 0 Å². The Morgan fingerprint density at radius 3 is 2.62 bits per heavy atom. The Balaban J connectivity index is 1.90. The van der Waals surface area contributed by atoms with E-state index >= 15 is 0 Å². The second-order valence-electron chi connectivity index (χ2n) is 5.82. The number of hydrogen-bond acceptors (Lipinski definition) is 5. The number of fused-ring (bicyclic) bond motifs is 1. The number of nitriles is 1. The Morgan fingerprint density at radius 1 is 1.08 bits per heavy atom. The number of hydrogen-bond donors (Lipinski definition) is 1. The van der Waals surface area contributed by atoms with E-state index in [0.29, 0.717) is 17.1 Å². The summed E-state index contributed by atoms with van der Waals surface area (Å²) >= 11 is 7.64. The lowest BCUT2D eigenvalue weighted by Gasteiger charge is -2.10. The number of anilines is 2. The van der Waals surface area contributed by atoms with Crippen molar-refractivity contribution in [2.45, 2.75) is 6.92 Å². The lowest BCUT2D eigenvalue weighted by molar-refractivity contribution is 1.23. The minimum Gasteiger partial charge on any atom is -0.338 e. The first kappa shape index (κ1) is 16.5. The van der Waals surface area contributed by atoms with E-state index in [1.807, 2.05) is 18.2 Å². The van der Waals surface area contributed by atoms with E-state index in [1.54, 1.807) is 6.07 Å². The molecule has 0 aliphatic heterocycles. The molecule has 0 aliphatic carbocycles. The van der Waals surface area contributed by atoms with E-state index in [2.05, 4.69) is 57.9 Å². The van der Waals surface area contributed by atoms with Gasteiger partial charge in [-0.15, -0.1) is 11.3 Å². The lowest BCUT2D eigenvalue weighted by Crippen LogP contribution is -1.98. The third kappa shape index (κ3) is 3.01. The molecular formula is C20H13ClN4S. The molecule has 0 atom stereocenters. The van der Waals surface area contributed by atoms with Crippen LogP contribution in [0.15, 0.2) is 53.9 Å². The highest BCUT2D eigenvalue weighted by Crippen LogP contribution is 2.38. The minimum absolute atomic E-state index is 0.173. The fourth-order valence-electron chi connectivity index (χ4n) is 2.77. The van der Waals surface area contributed by atoms with Gasteiger partial charge in [0.15, 0.2) is 0 Å². The average Bonchev–Trinajstić information content (AvgIpc) is 3.06. The van der Waals surface area contributed by atoms with Crippen LogP contribution in [-0.4, -0.2) is 9.97 Å². The molecule has 4 rings (SSSR count). The summed E-state index contributed by atoms with van der Waals surface area (Å²) in [6.45, 7) is 2.06. The fraction of sp³-hybridized carbons (Fsp3) is 0.0500. The van der Waals surface area contributed by atoms with E-state index in [0.717, 1.165) is 21.3 Å². The van der Waals surface area contributed by atoms with Crippen LogP contribution < -0.4 is 5.32 Å². The summed E-state index contributed by atoms with van der Waals surface area (Å²) in [5.74, 6) is 0.597. The highest BCUT2D eigenvalue weighted by atomic mass is 35.5. The van der Waals surface area contributed by atoms with Gasteiger partial charge in [-0.1, -0.05) is 42.0 Å². The summed E-state index contributed by atoms with van der Waals surface area (Å²) < 4.78 is 0. The Kier molecular flexibility index (Phi) is 4.29. The number of benzene rings is 2. The van der Waals surface area contributed by atoms with Crippen molar-refractivity contribution in [2.75, 3.05) is 5.32 Å². The van der Waals surface area contributed by atoms with Crippen LogP contribution in [0.5, 0.6) is 0 Å². The molecule has 0 fully saturated rings. The van der Waals surface area contributed by atoms with Gasteiger partial charge in [0, 0.05) is 10.9 Å². The second kappa shape index (κ2) is 6.75. The predicted molar refractivity (Wildman–Crippen MR) is 107 cm³/mol. The Hall–Kier alpha value is -2.94. The SMILES string of the molecule is Cc1ccc(-c2csc3nc(Cl)nc(Nc4ccccc4C#N)c23)cc1. The number of nitrogens with one attached hydrogen (secondary N) is 1. The summed E-state index contributed by atoms with van der Waals surface area (Å²) in [6.07, 6.45) is 0. The van der Waals surface area contributed by atoms with Crippen molar-refractivity contribution in [3.05, 3.63) is 70.3 Å². The summed E-state index contributed by atoms with van der Waals surface area (Å²) in [5, 5.41) is 15.7. The fourth-order valence-corrected chi connectivity index (χ4v) is 3.94. The molecule has 0 amide bonds. The van der Waals surface area contributed by atoms with Gasteiger partial charge in [-0.2, -0.15) is 10.2 Å². The van der Waals surface area contributed by atoms with Crippen molar-refractivity contribution in [1.29, 1.82) is 5.26 Å². The van der Waals surface area contributed by atoms with Gasteiger partial charge < -0.3 is 5.32 Å². The number of thiophene rings is 1. The Morgan fingerprint density at radius 2 is 1.85 bits per heavy atom. The first-order chi connectivity index (χ1) is 12.7. The van der Waals surface area contributed by atoms with E-state index in [4.69, 9.17) is 11.6 Å². The van der Waals surface area contributed by atoms with Crippen molar-refractivity contribution in [3.63, 3.8) is 0 Å². The van der Waals surface area contributed by atoms with Crippen molar-refractivity contribution in [2.24, 2.45) is 0 Å². The molecule has 2 heterocycles. The maximum absolute atomic E-state index is 9.34. The van der Waals surface area contributed by atoms with E-state index in [-0.39, 0.29) is 5.28 Å². The molecule has 0 unspecified atom stereocenters. The van der Waals surface area contributed by atoms with E-state index < -0.39 is 0 Å². The molecule has 2 aromatic carbocycles. The van der Waals surface area contributed by atoms with Crippen LogP contribution in [0.25, 0.3) is 21.3 Å². The molecule has 4 aromatic rings. The molecule has 0 saturated carbocycles. The molecule has 126 valence electrons. The first-order valence-electron chi connectivity index (χ1n) is 7.93. The Bertz CT molecular complexity index is 1140. The monoisotopic (exact) mass is 376 g/mol. The maximum Gasteiger partial charge on any atom is 0.225 e. The summed E-state index contributed by atoms with van der Waals surface area (Å²) in [4.78, 5) is 9.54. The van der Waals surface area contributed by atoms with Gasteiger partial charge in [0.1, 0.15) is 16.7 Å². The molecule has 6 heteroatoms. The van der Waals surface area contributed by atoms with Crippen molar-refractivity contribution in [1.82, 2.24) is 9.97 Å². The summed E-state index contributed by atoms with van der Waals surface area (Å²) in [7, 11) is 0. The maximum atomic E-state index is 9.34. The van der Waals surface area contributed by atoms with E-state index in [1.165, 1.54) is 16.9 Å². The molecule has 0 radical (unpaired) electrons. The molecule has 4 nitrogen and oxygen atoms in total. The van der Waals surface area contributed by atoms with Gasteiger partial charge in [0.25, 0.3) is 0 Å². The van der Waals surface area contributed by atoms with Crippen LogP contribution in [0.4, 0.5) is 11.5 Å². The van der Waals surface area contributed by atoms with Gasteiger partial charge in [0.05, 0.1) is 16.6 Å². The zero-order valence-corrected chi connectivity index (χ0v) is 15.4. The molecule has 0 bridgehead atoms. The quantitative estimate of drug-likeness (QED) is 0.450. The number of rotatable bonds is 3. The number of aryl methyl sites for hydroxylation is 1. The third-order valence-corrected chi connectivity index (χ3v) is 5.11. The van der Waals surface area contributed by atoms with Crippen LogP contribution in [0.2, 0.25) is 5.28 Å². The topological polar surface area (TPSA) is 61.6 Å². The molecular weight excluding hydrogens is 364 g/mol. The van der Waals surface area contributed by atoms with Crippen LogP contribution in [0.1, 0.15) is 11.1 Å². The van der Waals surface area contributed by atoms with Gasteiger partial charge in [-0.05, 0) is 36.2 Å². The predicted octanol–water partition coefficient (Wildman–Crippen LogP) is 5.94. The van der Waals surface area contributed by atoms with Gasteiger partial charge >= 0.3 is 0 Å². The number of nitrogens with zero attached hydrogens (tertiary/aromatic N) is 3. The minimum atomic E-state index is 0.173. The molecule has 0 spiro atoms. The van der Waals surface area contributed by atoms with Crippen LogP contribution >= 0.6 is 22.9 Å². The largest absolute Gasteiger partial charge is 0.338 e. The molecule has 1 N–H and O–H groups in total. The van der Waals surface area contributed by atoms with E-state index in [9.17, 15) is 5.26 Å². The highest BCUT2D eigenvalue weighted by Gasteiger charge is 2.16. The zero-order valence-electron chi connectivity index (χ0n) is 13.8. The van der Waals surface area contributed by atoms with Gasteiger partial charge in [-0.3, -0.25) is 0 Å². The van der Waals surface area contributed by atoms with Crippen molar-refractivity contribution in [3.8, 4) is 17.2 Å². The molecule has 2 aromatic heterocycles. The summed E-state index contributed by atoms with van der Waals surface area (Å²) in [6, 6.07) is 17.8. The molecule has 26 heavy (non-hydrogen) atoms. The standard InChI is InChI=1S/C20H13ClN4S/c1-12-6-8-13(9-7-12)15-11-26-19-17(15)18(24-20(21)25-19)23-16-5-3-2-4-14(16)10-22/h2-9,11H,1H3,(H,23,24,25). The zero-order chi connectivity index (χ0) is 18.1. The number of halogens is 1. The van der Waals surface area contributed by atoms with Crippen LogP contribution in [0, 0.1) is 18.3 Å². The van der Waals surface area contributed by atoms with Gasteiger partial charge in [-0.25, -0.2) is 4.98 Å². The second-order valence-corrected chi connectivity index (χ2v) is 7.02. The first-order valence-corrected chi connectivity index (χ1v) is 9.19. The third-order valence-electron chi connectivity index (χ3n) is 4.07. The van der Waals surface area contributed by atoms with Crippen LogP contribution in [0.3, 0.4) is 0 Å². The normalized spacial score (nSPS) is 10.7. The molecule has 0 saturated heterocycles. The smallest absolute Gasteiger partial charge is 0.225 e. The van der Waals surface area contributed by atoms with Crippen LogP contribution in [-0.2, 0) is 0 Å².